The lowest BCUT2D eigenvalue weighted by Gasteiger charge is -2.34. The topological polar surface area (TPSA) is 74.7 Å². The number of aliphatic carboxylic acids is 1. The molecule has 0 atom stereocenters. The Kier molecular flexibility index (Phi) is 3.93. The standard InChI is InChI=1S/C16H17NO4/c1-16(2)9-13(18)17(14(19)10-16)12-5-3-4-11(8-12)6-7-15(20)21/h3-8H,9-10H2,1-2H3,(H,20,21). The van der Waals surface area contributed by atoms with Gasteiger partial charge in [-0.25, -0.2) is 4.79 Å². The Hall–Kier alpha value is -2.43. The van der Waals surface area contributed by atoms with E-state index in [-0.39, 0.29) is 17.2 Å². The van der Waals surface area contributed by atoms with Crippen LogP contribution in [0.4, 0.5) is 5.69 Å². The quantitative estimate of drug-likeness (QED) is 0.684. The van der Waals surface area contributed by atoms with Crippen LogP contribution in [0.5, 0.6) is 0 Å². The van der Waals surface area contributed by atoms with E-state index < -0.39 is 5.97 Å². The minimum Gasteiger partial charge on any atom is -0.478 e. The van der Waals surface area contributed by atoms with E-state index in [9.17, 15) is 14.4 Å². The summed E-state index contributed by atoms with van der Waals surface area (Å²) < 4.78 is 0. The Morgan fingerprint density at radius 3 is 2.43 bits per heavy atom. The van der Waals surface area contributed by atoms with Crippen LogP contribution in [0.25, 0.3) is 6.08 Å². The zero-order chi connectivity index (χ0) is 15.6. The van der Waals surface area contributed by atoms with Crippen LogP contribution >= 0.6 is 0 Å². The highest BCUT2D eigenvalue weighted by Gasteiger charge is 2.38. The second-order valence-corrected chi connectivity index (χ2v) is 5.91. The highest BCUT2D eigenvalue weighted by Crippen LogP contribution is 2.34. The van der Waals surface area contributed by atoms with Crippen molar-refractivity contribution in [3.8, 4) is 0 Å². The van der Waals surface area contributed by atoms with Gasteiger partial charge in [0.15, 0.2) is 0 Å². The lowest BCUT2D eigenvalue weighted by atomic mass is 9.81. The van der Waals surface area contributed by atoms with Crippen LogP contribution in [-0.2, 0) is 14.4 Å². The zero-order valence-electron chi connectivity index (χ0n) is 12.0. The Morgan fingerprint density at radius 2 is 1.86 bits per heavy atom. The first-order chi connectivity index (χ1) is 9.78. The van der Waals surface area contributed by atoms with Crippen LogP contribution in [0.15, 0.2) is 30.3 Å². The number of anilines is 1. The Labute approximate surface area is 122 Å². The molecule has 1 aliphatic heterocycles. The average molecular weight is 287 g/mol. The van der Waals surface area contributed by atoms with E-state index in [0.717, 1.165) is 6.08 Å². The van der Waals surface area contributed by atoms with E-state index in [0.29, 0.717) is 24.1 Å². The minimum atomic E-state index is -1.05. The van der Waals surface area contributed by atoms with Crippen molar-refractivity contribution in [2.45, 2.75) is 26.7 Å². The van der Waals surface area contributed by atoms with Crippen LogP contribution in [0.2, 0.25) is 0 Å². The molecule has 2 amide bonds. The van der Waals surface area contributed by atoms with E-state index in [1.807, 2.05) is 13.8 Å². The van der Waals surface area contributed by atoms with Gasteiger partial charge < -0.3 is 5.11 Å². The van der Waals surface area contributed by atoms with Crippen LogP contribution < -0.4 is 4.90 Å². The summed E-state index contributed by atoms with van der Waals surface area (Å²) in [5.74, 6) is -1.50. The van der Waals surface area contributed by atoms with E-state index >= 15 is 0 Å². The van der Waals surface area contributed by atoms with Crippen LogP contribution in [0.3, 0.4) is 0 Å². The molecule has 0 saturated carbocycles. The highest BCUT2D eigenvalue weighted by molar-refractivity contribution is 6.17. The monoisotopic (exact) mass is 287 g/mol. The maximum Gasteiger partial charge on any atom is 0.328 e. The lowest BCUT2D eigenvalue weighted by molar-refractivity contribution is -0.133. The van der Waals surface area contributed by atoms with Gasteiger partial charge in [-0.05, 0) is 29.2 Å². The summed E-state index contributed by atoms with van der Waals surface area (Å²) in [4.78, 5) is 36.1. The molecule has 0 spiro atoms. The summed E-state index contributed by atoms with van der Waals surface area (Å²) in [6.07, 6.45) is 3.07. The molecule has 0 unspecified atom stereocenters. The van der Waals surface area contributed by atoms with Gasteiger partial charge in [-0.3, -0.25) is 14.5 Å². The number of nitrogens with zero attached hydrogens (tertiary/aromatic N) is 1. The van der Waals surface area contributed by atoms with Gasteiger partial charge in [0.2, 0.25) is 11.8 Å². The number of imide groups is 1. The third-order valence-corrected chi connectivity index (χ3v) is 3.31. The molecular weight excluding hydrogens is 270 g/mol. The SMILES string of the molecule is CC1(C)CC(=O)N(c2cccc(C=CC(=O)O)c2)C(=O)C1. The molecule has 1 fully saturated rings. The molecule has 1 aliphatic rings. The normalized spacial score (nSPS) is 18.3. The second-order valence-electron chi connectivity index (χ2n) is 5.91. The maximum atomic E-state index is 12.2. The molecule has 0 aliphatic carbocycles. The van der Waals surface area contributed by atoms with Crippen molar-refractivity contribution >= 4 is 29.5 Å². The Morgan fingerprint density at radius 1 is 1.24 bits per heavy atom. The van der Waals surface area contributed by atoms with Crippen LogP contribution in [0.1, 0.15) is 32.3 Å². The molecule has 5 heteroatoms. The Bertz CT molecular complexity index is 611. The van der Waals surface area contributed by atoms with Crippen molar-refractivity contribution in [3.05, 3.63) is 35.9 Å². The number of hydrogen-bond donors (Lipinski definition) is 1. The number of rotatable bonds is 3. The predicted octanol–water partition coefficient (Wildman–Crippen LogP) is 2.46. The Balaban J connectivity index is 2.30. The molecule has 1 heterocycles. The average Bonchev–Trinajstić information content (AvgIpc) is 2.34. The molecule has 1 aromatic carbocycles. The number of hydrogen-bond acceptors (Lipinski definition) is 3. The fourth-order valence-electron chi connectivity index (χ4n) is 2.40. The van der Waals surface area contributed by atoms with Gasteiger partial charge in [0, 0.05) is 18.9 Å². The largest absolute Gasteiger partial charge is 0.478 e. The fourth-order valence-corrected chi connectivity index (χ4v) is 2.40. The summed E-state index contributed by atoms with van der Waals surface area (Å²) in [7, 11) is 0. The van der Waals surface area contributed by atoms with Crippen molar-refractivity contribution in [1.82, 2.24) is 0 Å². The summed E-state index contributed by atoms with van der Waals surface area (Å²) in [6.45, 7) is 3.79. The van der Waals surface area contributed by atoms with Crippen molar-refractivity contribution in [1.29, 1.82) is 0 Å². The van der Waals surface area contributed by atoms with Gasteiger partial charge >= 0.3 is 5.97 Å². The fraction of sp³-hybridized carbons (Fsp3) is 0.312. The number of amides is 2. The molecule has 2 rings (SSSR count). The van der Waals surface area contributed by atoms with E-state index in [2.05, 4.69) is 0 Å². The first-order valence-electron chi connectivity index (χ1n) is 6.65. The van der Waals surface area contributed by atoms with E-state index in [1.54, 1.807) is 24.3 Å². The van der Waals surface area contributed by atoms with Gasteiger partial charge in [0.25, 0.3) is 0 Å². The molecule has 5 nitrogen and oxygen atoms in total. The smallest absolute Gasteiger partial charge is 0.328 e. The van der Waals surface area contributed by atoms with E-state index in [1.165, 1.54) is 11.0 Å². The zero-order valence-corrected chi connectivity index (χ0v) is 12.0. The lowest BCUT2D eigenvalue weighted by Crippen LogP contribution is -2.46. The van der Waals surface area contributed by atoms with Gasteiger partial charge in [-0.1, -0.05) is 26.0 Å². The van der Waals surface area contributed by atoms with Crippen molar-refractivity contribution in [3.63, 3.8) is 0 Å². The molecule has 0 aromatic heterocycles. The molecule has 0 radical (unpaired) electrons. The number of carbonyl (C=O) groups is 3. The van der Waals surface area contributed by atoms with Gasteiger partial charge in [0.05, 0.1) is 5.69 Å². The van der Waals surface area contributed by atoms with Crippen LogP contribution in [-0.4, -0.2) is 22.9 Å². The number of carboxylic acids is 1. The molecular formula is C16H17NO4. The molecule has 21 heavy (non-hydrogen) atoms. The van der Waals surface area contributed by atoms with Gasteiger partial charge in [-0.2, -0.15) is 0 Å². The molecule has 1 saturated heterocycles. The van der Waals surface area contributed by atoms with Crippen molar-refractivity contribution < 1.29 is 19.5 Å². The molecule has 0 bridgehead atoms. The summed E-state index contributed by atoms with van der Waals surface area (Å²) in [5, 5.41) is 8.63. The first-order valence-corrected chi connectivity index (χ1v) is 6.65. The minimum absolute atomic E-state index is 0.226. The predicted molar refractivity (Wildman–Crippen MR) is 78.6 cm³/mol. The maximum absolute atomic E-state index is 12.2. The third-order valence-electron chi connectivity index (χ3n) is 3.31. The molecule has 1 aromatic rings. The summed E-state index contributed by atoms with van der Waals surface area (Å²) >= 11 is 0. The van der Waals surface area contributed by atoms with Gasteiger partial charge in [0.1, 0.15) is 0 Å². The van der Waals surface area contributed by atoms with E-state index in [4.69, 9.17) is 5.11 Å². The second kappa shape index (κ2) is 5.52. The van der Waals surface area contributed by atoms with Crippen molar-refractivity contribution in [2.75, 3.05) is 4.90 Å². The summed E-state index contributed by atoms with van der Waals surface area (Å²) in [5.41, 5.74) is 0.791. The first kappa shape index (κ1) is 15.0. The van der Waals surface area contributed by atoms with Gasteiger partial charge in [-0.15, -0.1) is 0 Å². The third kappa shape index (κ3) is 3.56. The molecule has 1 N–H and O–H groups in total. The van der Waals surface area contributed by atoms with Crippen LogP contribution in [0, 0.1) is 5.41 Å². The number of carboxylic acid groups (broad SMARTS) is 1. The molecule has 110 valence electrons. The summed E-state index contributed by atoms with van der Waals surface area (Å²) in [6, 6.07) is 6.71. The number of piperidine rings is 1. The highest BCUT2D eigenvalue weighted by atomic mass is 16.4. The number of carbonyl (C=O) groups excluding carboxylic acids is 2. The van der Waals surface area contributed by atoms with Crippen molar-refractivity contribution in [2.24, 2.45) is 5.41 Å². The number of benzene rings is 1.